The summed E-state index contributed by atoms with van der Waals surface area (Å²) in [7, 11) is 0. The highest BCUT2D eigenvalue weighted by molar-refractivity contribution is 5.49. The predicted molar refractivity (Wildman–Crippen MR) is 62.9 cm³/mol. The van der Waals surface area contributed by atoms with E-state index < -0.39 is 0 Å². The van der Waals surface area contributed by atoms with Crippen molar-refractivity contribution < 1.29 is 9.52 Å². The summed E-state index contributed by atoms with van der Waals surface area (Å²) in [6, 6.07) is 1.93. The normalized spacial score (nSPS) is 12.1. The van der Waals surface area contributed by atoms with Crippen LogP contribution in [0, 0.1) is 0 Å². The van der Waals surface area contributed by atoms with Gasteiger partial charge in [-0.05, 0) is 31.9 Å². The van der Waals surface area contributed by atoms with Gasteiger partial charge in [0.2, 0.25) is 0 Å². The fourth-order valence-electron chi connectivity index (χ4n) is 1.67. The third-order valence-corrected chi connectivity index (χ3v) is 2.36. The molecule has 1 heterocycles. The summed E-state index contributed by atoms with van der Waals surface area (Å²) in [4.78, 5) is 0. The molecule has 0 saturated heterocycles. The summed E-state index contributed by atoms with van der Waals surface area (Å²) in [5.74, 6) is 0.842. The van der Waals surface area contributed by atoms with Crippen LogP contribution in [0.25, 0.3) is 6.08 Å². The summed E-state index contributed by atoms with van der Waals surface area (Å²) in [5.41, 5.74) is 2.20. The lowest BCUT2D eigenvalue weighted by Gasteiger charge is -1.94. The van der Waals surface area contributed by atoms with E-state index in [4.69, 9.17) is 4.42 Å². The first kappa shape index (κ1) is 11.9. The van der Waals surface area contributed by atoms with Gasteiger partial charge in [0.1, 0.15) is 5.76 Å². The molecule has 0 aliphatic heterocycles. The van der Waals surface area contributed by atoms with Gasteiger partial charge in [-0.1, -0.05) is 32.3 Å². The number of rotatable bonds is 5. The molecular weight excluding hydrogens is 188 g/mol. The molecule has 0 amide bonds. The zero-order chi connectivity index (χ0) is 11.3. The molecule has 2 heteroatoms. The van der Waals surface area contributed by atoms with Crippen LogP contribution in [0.3, 0.4) is 0 Å². The molecule has 0 aliphatic rings. The Bertz CT molecular complexity index is 334. The lowest BCUT2D eigenvalue weighted by Crippen LogP contribution is -1.77. The second-order valence-electron chi connectivity index (χ2n) is 3.97. The van der Waals surface area contributed by atoms with Gasteiger partial charge in [-0.15, -0.1) is 0 Å². The molecule has 0 radical (unpaired) electrons. The Kier molecular flexibility index (Phi) is 4.47. The van der Waals surface area contributed by atoms with Crippen LogP contribution in [0.2, 0.25) is 0 Å². The lowest BCUT2D eigenvalue weighted by atomic mass is 10.1. The van der Waals surface area contributed by atoms with Gasteiger partial charge in [-0.3, -0.25) is 0 Å². The first-order valence-corrected chi connectivity index (χ1v) is 5.66. The predicted octanol–water partition coefficient (Wildman–Crippen LogP) is 4.14. The minimum Gasteiger partial charge on any atom is -0.480 e. The van der Waals surface area contributed by atoms with E-state index in [9.17, 15) is 5.11 Å². The molecule has 2 nitrogen and oxygen atoms in total. The minimum absolute atomic E-state index is 0.0763. The van der Waals surface area contributed by atoms with E-state index in [-0.39, 0.29) is 5.95 Å². The number of aryl methyl sites for hydroxylation is 1. The van der Waals surface area contributed by atoms with Gasteiger partial charge in [-0.25, -0.2) is 0 Å². The summed E-state index contributed by atoms with van der Waals surface area (Å²) in [6.07, 6.45) is 6.10. The van der Waals surface area contributed by atoms with E-state index in [1.807, 2.05) is 12.1 Å². The number of hydrogen-bond acceptors (Lipinski definition) is 2. The van der Waals surface area contributed by atoms with Gasteiger partial charge in [0.25, 0.3) is 5.95 Å². The van der Waals surface area contributed by atoms with E-state index in [0.717, 1.165) is 37.0 Å². The second-order valence-corrected chi connectivity index (χ2v) is 3.97. The highest BCUT2D eigenvalue weighted by Gasteiger charge is 2.07. The number of hydrogen-bond donors (Lipinski definition) is 1. The lowest BCUT2D eigenvalue weighted by molar-refractivity contribution is 0.325. The molecular formula is C13H20O2. The van der Waals surface area contributed by atoms with Crippen molar-refractivity contribution in [1.82, 2.24) is 0 Å². The molecule has 0 bridgehead atoms. The van der Waals surface area contributed by atoms with Gasteiger partial charge in [0.05, 0.1) is 0 Å². The fourth-order valence-corrected chi connectivity index (χ4v) is 1.67. The number of furan rings is 1. The topological polar surface area (TPSA) is 33.4 Å². The monoisotopic (exact) mass is 208 g/mol. The van der Waals surface area contributed by atoms with Crippen LogP contribution in [0.4, 0.5) is 0 Å². The quantitative estimate of drug-likeness (QED) is 0.788. The molecule has 0 saturated carbocycles. The van der Waals surface area contributed by atoms with Crippen LogP contribution in [-0.4, -0.2) is 5.11 Å². The first-order chi connectivity index (χ1) is 7.17. The highest BCUT2D eigenvalue weighted by atomic mass is 16.5. The van der Waals surface area contributed by atoms with Gasteiger partial charge in [-0.2, -0.15) is 0 Å². The first-order valence-electron chi connectivity index (χ1n) is 5.66. The fraction of sp³-hybridized carbons (Fsp3) is 0.538. The Balaban J connectivity index is 2.78. The number of aromatic hydroxyl groups is 1. The maximum absolute atomic E-state index is 9.51. The maximum atomic E-state index is 9.51. The number of allylic oxidation sites excluding steroid dienone is 1. The van der Waals surface area contributed by atoms with Gasteiger partial charge in [0.15, 0.2) is 0 Å². The van der Waals surface area contributed by atoms with Crippen LogP contribution in [0.1, 0.15) is 51.4 Å². The van der Waals surface area contributed by atoms with Gasteiger partial charge >= 0.3 is 0 Å². The molecule has 0 atom stereocenters. The largest absolute Gasteiger partial charge is 0.480 e. The smallest absolute Gasteiger partial charge is 0.285 e. The van der Waals surface area contributed by atoms with Gasteiger partial charge in [0, 0.05) is 5.56 Å². The van der Waals surface area contributed by atoms with Gasteiger partial charge < -0.3 is 9.52 Å². The third kappa shape index (κ3) is 3.46. The molecule has 0 spiro atoms. The Labute approximate surface area is 91.6 Å². The Morgan fingerprint density at radius 3 is 2.73 bits per heavy atom. The van der Waals surface area contributed by atoms with Crippen molar-refractivity contribution in [3.63, 3.8) is 0 Å². The molecule has 15 heavy (non-hydrogen) atoms. The minimum atomic E-state index is 0.0763. The summed E-state index contributed by atoms with van der Waals surface area (Å²) in [6.45, 7) is 6.33. The molecule has 1 aromatic rings. The molecule has 0 aliphatic carbocycles. The van der Waals surface area contributed by atoms with Crippen LogP contribution in [0.5, 0.6) is 5.95 Å². The standard InChI is InChI=1S/C13H20O2/c1-4-6-10(3)8-12-9-11(7-5-2)13(14)15-12/h8-9,14H,4-7H2,1-3H3. The maximum Gasteiger partial charge on any atom is 0.285 e. The third-order valence-electron chi connectivity index (χ3n) is 2.36. The van der Waals surface area contributed by atoms with Crippen molar-refractivity contribution in [3.05, 3.63) is 23.0 Å². The molecule has 1 N–H and O–H groups in total. The van der Waals surface area contributed by atoms with Crippen LogP contribution in [0.15, 0.2) is 16.1 Å². The zero-order valence-electron chi connectivity index (χ0n) is 9.84. The Hall–Kier alpha value is -1.18. The molecule has 1 aromatic heterocycles. The van der Waals surface area contributed by atoms with E-state index >= 15 is 0 Å². The molecule has 0 unspecified atom stereocenters. The van der Waals surface area contributed by atoms with Crippen LogP contribution < -0.4 is 0 Å². The van der Waals surface area contributed by atoms with E-state index in [1.165, 1.54) is 5.57 Å². The molecule has 0 aromatic carbocycles. The Morgan fingerprint density at radius 2 is 2.13 bits per heavy atom. The zero-order valence-corrected chi connectivity index (χ0v) is 9.84. The highest BCUT2D eigenvalue weighted by Crippen LogP contribution is 2.25. The SMILES string of the molecule is CCCC(C)=Cc1cc(CCC)c(O)o1. The summed E-state index contributed by atoms with van der Waals surface area (Å²) in [5, 5.41) is 9.51. The van der Waals surface area contributed by atoms with Crippen molar-refractivity contribution >= 4 is 6.08 Å². The average molecular weight is 208 g/mol. The van der Waals surface area contributed by atoms with Crippen molar-refractivity contribution in [2.24, 2.45) is 0 Å². The van der Waals surface area contributed by atoms with E-state index in [1.54, 1.807) is 0 Å². The molecule has 84 valence electrons. The van der Waals surface area contributed by atoms with E-state index in [2.05, 4.69) is 20.8 Å². The summed E-state index contributed by atoms with van der Waals surface area (Å²) >= 11 is 0. The average Bonchev–Trinajstić information content (AvgIpc) is 2.48. The van der Waals surface area contributed by atoms with Crippen molar-refractivity contribution in [3.8, 4) is 5.95 Å². The van der Waals surface area contributed by atoms with E-state index in [0.29, 0.717) is 0 Å². The van der Waals surface area contributed by atoms with Crippen molar-refractivity contribution in [2.45, 2.75) is 46.5 Å². The van der Waals surface area contributed by atoms with Crippen LogP contribution in [-0.2, 0) is 6.42 Å². The van der Waals surface area contributed by atoms with Crippen molar-refractivity contribution in [1.29, 1.82) is 0 Å². The Morgan fingerprint density at radius 1 is 1.40 bits per heavy atom. The molecule has 0 fully saturated rings. The van der Waals surface area contributed by atoms with Crippen molar-refractivity contribution in [2.75, 3.05) is 0 Å². The van der Waals surface area contributed by atoms with Crippen LogP contribution >= 0.6 is 0 Å². The summed E-state index contributed by atoms with van der Waals surface area (Å²) < 4.78 is 5.26. The second kappa shape index (κ2) is 5.64. The molecule has 1 rings (SSSR count).